The second-order valence-corrected chi connectivity index (χ2v) is 6.33. The third-order valence-corrected chi connectivity index (χ3v) is 4.37. The van der Waals surface area contributed by atoms with Crippen LogP contribution in [0.4, 0.5) is 22.0 Å². The summed E-state index contributed by atoms with van der Waals surface area (Å²) in [6.45, 7) is 1.42. The first-order chi connectivity index (χ1) is 13.7. The standard InChI is InChI=1S/C21H15F5N2O/c1-12(19-17(22)10-27-11-18(19)23)28-20(29)16-5-3-2-4-15(16)13-6-8-14(9-7-13)21(24,25)26/h2-12H,1H3,(H,28,29). The summed E-state index contributed by atoms with van der Waals surface area (Å²) in [4.78, 5) is 16.1. The van der Waals surface area contributed by atoms with E-state index >= 15 is 0 Å². The Balaban J connectivity index is 1.89. The Morgan fingerprint density at radius 1 is 0.966 bits per heavy atom. The zero-order valence-corrected chi connectivity index (χ0v) is 15.1. The van der Waals surface area contributed by atoms with Crippen LogP contribution in [0.2, 0.25) is 0 Å². The van der Waals surface area contributed by atoms with Gasteiger partial charge in [0.05, 0.1) is 24.0 Å². The number of rotatable bonds is 4. The van der Waals surface area contributed by atoms with E-state index in [0.717, 1.165) is 24.5 Å². The van der Waals surface area contributed by atoms with Crippen molar-refractivity contribution < 1.29 is 26.7 Å². The second kappa shape index (κ2) is 7.98. The second-order valence-electron chi connectivity index (χ2n) is 6.33. The minimum atomic E-state index is -4.47. The van der Waals surface area contributed by atoms with Crippen molar-refractivity contribution in [3.63, 3.8) is 0 Å². The highest BCUT2D eigenvalue weighted by Crippen LogP contribution is 2.32. The predicted molar refractivity (Wildman–Crippen MR) is 96.9 cm³/mol. The molecule has 0 saturated heterocycles. The molecule has 1 aromatic heterocycles. The van der Waals surface area contributed by atoms with E-state index in [-0.39, 0.29) is 11.1 Å². The van der Waals surface area contributed by atoms with Crippen LogP contribution < -0.4 is 5.32 Å². The van der Waals surface area contributed by atoms with Crippen LogP contribution in [0.1, 0.15) is 34.5 Å². The Hall–Kier alpha value is -3.29. The van der Waals surface area contributed by atoms with Crippen LogP contribution in [0.25, 0.3) is 11.1 Å². The van der Waals surface area contributed by atoms with Crippen LogP contribution in [-0.2, 0) is 6.18 Å². The fraction of sp³-hybridized carbons (Fsp3) is 0.143. The molecule has 3 aromatic rings. The van der Waals surface area contributed by atoms with Crippen LogP contribution in [0.15, 0.2) is 60.9 Å². The molecule has 0 bridgehead atoms. The molecule has 0 aliphatic carbocycles. The molecule has 1 amide bonds. The summed E-state index contributed by atoms with van der Waals surface area (Å²) in [6, 6.07) is 9.66. The van der Waals surface area contributed by atoms with E-state index in [9.17, 15) is 26.7 Å². The van der Waals surface area contributed by atoms with Gasteiger partial charge in [0.2, 0.25) is 0 Å². The molecule has 0 saturated carbocycles. The molecule has 3 nitrogen and oxygen atoms in total. The van der Waals surface area contributed by atoms with Crippen LogP contribution in [-0.4, -0.2) is 10.9 Å². The molecule has 1 N–H and O–H groups in total. The number of benzene rings is 2. The molecule has 1 unspecified atom stereocenters. The van der Waals surface area contributed by atoms with Gasteiger partial charge in [-0.3, -0.25) is 9.78 Å². The molecule has 29 heavy (non-hydrogen) atoms. The fourth-order valence-corrected chi connectivity index (χ4v) is 2.95. The first kappa shape index (κ1) is 20.4. The van der Waals surface area contributed by atoms with Crippen LogP contribution >= 0.6 is 0 Å². The lowest BCUT2D eigenvalue weighted by Gasteiger charge is -2.17. The number of hydrogen-bond acceptors (Lipinski definition) is 2. The van der Waals surface area contributed by atoms with Crippen molar-refractivity contribution in [1.29, 1.82) is 0 Å². The highest BCUT2D eigenvalue weighted by Gasteiger charge is 2.30. The lowest BCUT2D eigenvalue weighted by atomic mass is 9.97. The Morgan fingerprint density at radius 2 is 1.55 bits per heavy atom. The van der Waals surface area contributed by atoms with Crippen LogP contribution in [0.5, 0.6) is 0 Å². The maximum Gasteiger partial charge on any atom is 0.416 e. The topological polar surface area (TPSA) is 42.0 Å². The highest BCUT2D eigenvalue weighted by molar-refractivity contribution is 6.01. The summed E-state index contributed by atoms with van der Waals surface area (Å²) in [5, 5.41) is 2.51. The summed E-state index contributed by atoms with van der Waals surface area (Å²) < 4.78 is 66.1. The Labute approximate surface area is 163 Å². The molecule has 150 valence electrons. The summed E-state index contributed by atoms with van der Waals surface area (Å²) >= 11 is 0. The molecule has 3 rings (SSSR count). The minimum absolute atomic E-state index is 0.161. The van der Waals surface area contributed by atoms with Gasteiger partial charge < -0.3 is 5.32 Å². The number of halogens is 5. The molecular formula is C21H15F5N2O. The third kappa shape index (κ3) is 4.42. The van der Waals surface area contributed by atoms with E-state index in [2.05, 4.69) is 10.3 Å². The number of hydrogen-bond donors (Lipinski definition) is 1. The summed E-state index contributed by atoms with van der Waals surface area (Å²) in [6.07, 6.45) is -2.78. The van der Waals surface area contributed by atoms with E-state index in [1.54, 1.807) is 18.2 Å². The van der Waals surface area contributed by atoms with Crippen molar-refractivity contribution in [3.05, 3.63) is 89.2 Å². The van der Waals surface area contributed by atoms with E-state index in [1.807, 2.05) is 0 Å². The van der Waals surface area contributed by atoms with E-state index in [0.29, 0.717) is 11.1 Å². The van der Waals surface area contributed by atoms with Gasteiger partial charge in [-0.2, -0.15) is 13.2 Å². The van der Waals surface area contributed by atoms with Gasteiger partial charge in [0.1, 0.15) is 11.6 Å². The van der Waals surface area contributed by atoms with Gasteiger partial charge in [-0.25, -0.2) is 8.78 Å². The predicted octanol–water partition coefficient (Wildman–Crippen LogP) is 5.54. The van der Waals surface area contributed by atoms with Crippen LogP contribution in [0, 0.1) is 11.6 Å². The van der Waals surface area contributed by atoms with Crippen molar-refractivity contribution in [2.45, 2.75) is 19.1 Å². The number of carbonyl (C=O) groups excluding carboxylic acids is 1. The van der Waals surface area contributed by atoms with Crippen molar-refractivity contribution in [1.82, 2.24) is 10.3 Å². The van der Waals surface area contributed by atoms with Gasteiger partial charge in [0.25, 0.3) is 5.91 Å². The largest absolute Gasteiger partial charge is 0.416 e. The van der Waals surface area contributed by atoms with Crippen molar-refractivity contribution in [3.8, 4) is 11.1 Å². The van der Waals surface area contributed by atoms with Gasteiger partial charge in [0, 0.05) is 11.1 Å². The molecule has 1 atom stereocenters. The van der Waals surface area contributed by atoms with E-state index < -0.39 is 35.3 Å². The summed E-state index contributed by atoms with van der Waals surface area (Å²) in [5.41, 5.74) is -0.186. The fourth-order valence-electron chi connectivity index (χ4n) is 2.95. The number of nitrogens with one attached hydrogen (secondary N) is 1. The molecule has 0 spiro atoms. The normalized spacial score (nSPS) is 12.5. The Kier molecular flexibility index (Phi) is 5.63. The van der Waals surface area contributed by atoms with E-state index in [4.69, 9.17) is 0 Å². The first-order valence-electron chi connectivity index (χ1n) is 8.55. The molecule has 8 heteroatoms. The Bertz CT molecular complexity index is 1010. The molecule has 0 fully saturated rings. The average molecular weight is 406 g/mol. The molecule has 2 aromatic carbocycles. The molecule has 1 heterocycles. The monoisotopic (exact) mass is 406 g/mol. The number of alkyl halides is 3. The van der Waals surface area contributed by atoms with Crippen LogP contribution in [0.3, 0.4) is 0 Å². The number of aromatic nitrogens is 1. The number of nitrogens with zero attached hydrogens (tertiary/aromatic N) is 1. The zero-order chi connectivity index (χ0) is 21.2. The first-order valence-corrected chi connectivity index (χ1v) is 8.55. The van der Waals surface area contributed by atoms with Gasteiger partial charge in [0.15, 0.2) is 0 Å². The lowest BCUT2D eigenvalue weighted by Crippen LogP contribution is -2.28. The molecular weight excluding hydrogens is 391 g/mol. The van der Waals surface area contributed by atoms with E-state index in [1.165, 1.54) is 25.1 Å². The lowest BCUT2D eigenvalue weighted by molar-refractivity contribution is -0.137. The molecule has 0 radical (unpaired) electrons. The number of carbonyl (C=O) groups is 1. The highest BCUT2D eigenvalue weighted by atomic mass is 19.4. The molecule has 0 aliphatic heterocycles. The average Bonchev–Trinajstić information content (AvgIpc) is 2.67. The van der Waals surface area contributed by atoms with Crippen molar-refractivity contribution in [2.24, 2.45) is 0 Å². The maximum atomic E-state index is 13.9. The zero-order valence-electron chi connectivity index (χ0n) is 15.1. The molecule has 0 aliphatic rings. The summed E-state index contributed by atoms with van der Waals surface area (Å²) in [7, 11) is 0. The summed E-state index contributed by atoms with van der Waals surface area (Å²) in [5.74, 6) is -2.41. The smallest absolute Gasteiger partial charge is 0.345 e. The number of amides is 1. The van der Waals surface area contributed by atoms with Gasteiger partial charge in [-0.05, 0) is 36.2 Å². The number of pyridine rings is 1. The quantitative estimate of drug-likeness (QED) is 0.579. The van der Waals surface area contributed by atoms with Crippen molar-refractivity contribution >= 4 is 5.91 Å². The maximum absolute atomic E-state index is 13.9. The third-order valence-electron chi connectivity index (χ3n) is 4.37. The SMILES string of the molecule is CC(NC(=O)c1ccccc1-c1ccc(C(F)(F)F)cc1)c1c(F)cncc1F. The Morgan fingerprint density at radius 3 is 2.14 bits per heavy atom. The van der Waals surface area contributed by atoms with Gasteiger partial charge >= 0.3 is 6.18 Å². The van der Waals surface area contributed by atoms with Gasteiger partial charge in [-0.1, -0.05) is 30.3 Å². The minimum Gasteiger partial charge on any atom is -0.345 e. The van der Waals surface area contributed by atoms with Crippen molar-refractivity contribution in [2.75, 3.05) is 0 Å². The van der Waals surface area contributed by atoms with Gasteiger partial charge in [-0.15, -0.1) is 0 Å².